The standard InChI is InChI=1S/C19H21N5O2/c1-24-11-15(10-21-24)13-2-3-16-14(8-13)9-17(23-19(16)26)22-18(25)12-4-6-20-7-5-12/h2-3,8-12,20H,4-7H2,1H3,(H2,22,23,25,26). The summed E-state index contributed by atoms with van der Waals surface area (Å²) in [5.41, 5.74) is 1.98. The van der Waals surface area contributed by atoms with Crippen LogP contribution in [0.25, 0.3) is 21.9 Å². The molecule has 2 aromatic heterocycles. The number of aromatic nitrogens is 3. The van der Waals surface area contributed by atoms with E-state index in [1.165, 1.54) is 0 Å². The SMILES string of the molecule is Cn1cc(-c2ccc3c(O)nc(NC(=O)C4CCNCC4)cc3c2)cn1. The monoisotopic (exact) mass is 351 g/mol. The fourth-order valence-corrected chi connectivity index (χ4v) is 3.37. The number of benzene rings is 1. The fraction of sp³-hybridized carbons (Fsp3) is 0.316. The number of anilines is 1. The molecule has 0 unspecified atom stereocenters. The summed E-state index contributed by atoms with van der Waals surface area (Å²) in [6, 6.07) is 7.52. The van der Waals surface area contributed by atoms with Crippen LogP contribution >= 0.6 is 0 Å². The number of rotatable bonds is 3. The van der Waals surface area contributed by atoms with E-state index in [0.29, 0.717) is 11.2 Å². The van der Waals surface area contributed by atoms with Crippen molar-refractivity contribution in [3.8, 4) is 17.0 Å². The molecule has 0 aliphatic carbocycles. The van der Waals surface area contributed by atoms with Gasteiger partial charge in [-0.25, -0.2) is 0 Å². The fourth-order valence-electron chi connectivity index (χ4n) is 3.37. The lowest BCUT2D eigenvalue weighted by Crippen LogP contribution is -2.34. The zero-order valence-electron chi connectivity index (χ0n) is 14.6. The third kappa shape index (κ3) is 3.25. The van der Waals surface area contributed by atoms with Crippen molar-refractivity contribution in [2.24, 2.45) is 13.0 Å². The molecule has 7 nitrogen and oxygen atoms in total. The zero-order valence-corrected chi connectivity index (χ0v) is 14.6. The lowest BCUT2D eigenvalue weighted by molar-refractivity contribution is -0.120. The van der Waals surface area contributed by atoms with Gasteiger partial charge in [-0.2, -0.15) is 10.1 Å². The molecule has 3 heterocycles. The Bertz CT molecular complexity index is 960. The third-order valence-electron chi connectivity index (χ3n) is 4.81. The highest BCUT2D eigenvalue weighted by Crippen LogP contribution is 2.30. The summed E-state index contributed by atoms with van der Waals surface area (Å²) in [5, 5.41) is 22.0. The Hall–Kier alpha value is -2.93. The lowest BCUT2D eigenvalue weighted by Gasteiger charge is -2.21. The second-order valence-electron chi connectivity index (χ2n) is 6.68. The Kier molecular flexibility index (Phi) is 4.30. The summed E-state index contributed by atoms with van der Waals surface area (Å²) in [5.74, 6) is 0.237. The first-order chi connectivity index (χ1) is 12.6. The van der Waals surface area contributed by atoms with Crippen LogP contribution in [0.4, 0.5) is 5.82 Å². The van der Waals surface area contributed by atoms with Crippen molar-refractivity contribution in [3.05, 3.63) is 36.7 Å². The quantitative estimate of drug-likeness (QED) is 0.673. The van der Waals surface area contributed by atoms with Gasteiger partial charge < -0.3 is 15.7 Å². The van der Waals surface area contributed by atoms with Crippen molar-refractivity contribution < 1.29 is 9.90 Å². The average Bonchev–Trinajstić information content (AvgIpc) is 3.08. The molecule has 0 atom stereocenters. The smallest absolute Gasteiger partial charge is 0.228 e. The molecule has 0 radical (unpaired) electrons. The van der Waals surface area contributed by atoms with E-state index in [4.69, 9.17) is 0 Å². The number of fused-ring (bicyclic) bond motifs is 1. The van der Waals surface area contributed by atoms with Gasteiger partial charge in [0.15, 0.2) is 0 Å². The van der Waals surface area contributed by atoms with Gasteiger partial charge in [-0.1, -0.05) is 6.07 Å². The molecule has 1 aromatic carbocycles. The van der Waals surface area contributed by atoms with E-state index < -0.39 is 0 Å². The summed E-state index contributed by atoms with van der Waals surface area (Å²) in [6.45, 7) is 1.70. The van der Waals surface area contributed by atoms with Gasteiger partial charge in [0.05, 0.1) is 6.20 Å². The molecule has 0 saturated carbocycles. The van der Waals surface area contributed by atoms with Crippen molar-refractivity contribution in [2.75, 3.05) is 18.4 Å². The van der Waals surface area contributed by atoms with Crippen LogP contribution in [0.15, 0.2) is 36.7 Å². The number of carbonyl (C=O) groups excluding carboxylic acids is 1. The molecule has 1 aliphatic heterocycles. The minimum absolute atomic E-state index is 0.0161. The van der Waals surface area contributed by atoms with Gasteiger partial charge in [0.25, 0.3) is 0 Å². The van der Waals surface area contributed by atoms with Crippen molar-refractivity contribution >= 4 is 22.5 Å². The van der Waals surface area contributed by atoms with Gasteiger partial charge in [-0.05, 0) is 55.1 Å². The summed E-state index contributed by atoms with van der Waals surface area (Å²) in [6.07, 6.45) is 5.36. The van der Waals surface area contributed by atoms with E-state index in [2.05, 4.69) is 20.7 Å². The maximum atomic E-state index is 12.4. The Morgan fingerprint density at radius 2 is 2.08 bits per heavy atom. The zero-order chi connectivity index (χ0) is 18.1. The first-order valence-electron chi connectivity index (χ1n) is 8.74. The second kappa shape index (κ2) is 6.76. The summed E-state index contributed by atoms with van der Waals surface area (Å²) in [4.78, 5) is 16.6. The summed E-state index contributed by atoms with van der Waals surface area (Å²) < 4.78 is 1.74. The average molecular weight is 351 g/mol. The van der Waals surface area contributed by atoms with Crippen molar-refractivity contribution in [1.82, 2.24) is 20.1 Å². The highest BCUT2D eigenvalue weighted by molar-refractivity contribution is 5.96. The highest BCUT2D eigenvalue weighted by Gasteiger charge is 2.21. The van der Waals surface area contributed by atoms with Crippen molar-refractivity contribution in [3.63, 3.8) is 0 Å². The number of pyridine rings is 1. The normalized spacial score (nSPS) is 15.3. The largest absolute Gasteiger partial charge is 0.493 e. The Labute approximate surface area is 151 Å². The molecular weight excluding hydrogens is 330 g/mol. The van der Waals surface area contributed by atoms with E-state index >= 15 is 0 Å². The topological polar surface area (TPSA) is 92.1 Å². The number of hydrogen-bond donors (Lipinski definition) is 3. The van der Waals surface area contributed by atoms with Crippen LogP contribution in [0.2, 0.25) is 0 Å². The molecule has 7 heteroatoms. The van der Waals surface area contributed by atoms with Crippen LogP contribution in [0.3, 0.4) is 0 Å². The second-order valence-corrected chi connectivity index (χ2v) is 6.68. The molecule has 0 bridgehead atoms. The molecule has 1 aliphatic rings. The highest BCUT2D eigenvalue weighted by atomic mass is 16.3. The maximum absolute atomic E-state index is 12.4. The van der Waals surface area contributed by atoms with E-state index in [0.717, 1.165) is 42.4 Å². The summed E-state index contributed by atoms with van der Waals surface area (Å²) >= 11 is 0. The molecule has 0 spiro atoms. The molecule has 1 amide bonds. The molecule has 26 heavy (non-hydrogen) atoms. The Balaban J connectivity index is 1.64. The Morgan fingerprint density at radius 3 is 2.81 bits per heavy atom. The molecule has 1 fully saturated rings. The van der Waals surface area contributed by atoms with Crippen LogP contribution in [-0.4, -0.2) is 38.9 Å². The number of hydrogen-bond acceptors (Lipinski definition) is 5. The third-order valence-corrected chi connectivity index (χ3v) is 4.81. The van der Waals surface area contributed by atoms with Gasteiger partial charge in [0.2, 0.25) is 11.8 Å². The van der Waals surface area contributed by atoms with E-state index in [9.17, 15) is 9.90 Å². The van der Waals surface area contributed by atoms with Gasteiger partial charge in [-0.3, -0.25) is 9.48 Å². The number of piperidine rings is 1. The first-order valence-corrected chi connectivity index (χ1v) is 8.74. The summed E-state index contributed by atoms with van der Waals surface area (Å²) in [7, 11) is 1.87. The van der Waals surface area contributed by atoms with Gasteiger partial charge in [0, 0.05) is 30.1 Å². The maximum Gasteiger partial charge on any atom is 0.228 e. The number of aryl methyl sites for hydroxylation is 1. The van der Waals surface area contributed by atoms with Crippen LogP contribution in [0, 0.1) is 5.92 Å². The van der Waals surface area contributed by atoms with E-state index in [1.54, 1.807) is 16.9 Å². The lowest BCUT2D eigenvalue weighted by atomic mass is 9.97. The number of amides is 1. The Morgan fingerprint density at radius 1 is 1.27 bits per heavy atom. The molecule has 4 rings (SSSR count). The van der Waals surface area contributed by atoms with Crippen LogP contribution in [0.5, 0.6) is 5.88 Å². The van der Waals surface area contributed by atoms with E-state index in [1.807, 2.05) is 31.4 Å². The molecular formula is C19H21N5O2. The number of carbonyl (C=O) groups is 1. The number of nitrogens with zero attached hydrogens (tertiary/aromatic N) is 3. The number of aromatic hydroxyl groups is 1. The van der Waals surface area contributed by atoms with Gasteiger partial charge in [-0.15, -0.1) is 0 Å². The molecule has 134 valence electrons. The van der Waals surface area contributed by atoms with Crippen LogP contribution in [0.1, 0.15) is 12.8 Å². The predicted molar refractivity (Wildman–Crippen MR) is 99.8 cm³/mol. The van der Waals surface area contributed by atoms with Crippen LogP contribution < -0.4 is 10.6 Å². The molecule has 1 saturated heterocycles. The predicted octanol–water partition coefficient (Wildman–Crippen LogP) is 2.28. The van der Waals surface area contributed by atoms with Gasteiger partial charge in [0.1, 0.15) is 5.82 Å². The molecule has 3 aromatic rings. The van der Waals surface area contributed by atoms with Crippen LogP contribution in [-0.2, 0) is 11.8 Å². The minimum Gasteiger partial charge on any atom is -0.493 e. The van der Waals surface area contributed by atoms with Gasteiger partial charge >= 0.3 is 0 Å². The number of nitrogens with one attached hydrogen (secondary N) is 2. The first kappa shape index (κ1) is 16.5. The van der Waals surface area contributed by atoms with Crippen molar-refractivity contribution in [2.45, 2.75) is 12.8 Å². The minimum atomic E-state index is -0.0825. The van der Waals surface area contributed by atoms with E-state index in [-0.39, 0.29) is 17.7 Å². The molecule has 3 N–H and O–H groups in total. The van der Waals surface area contributed by atoms with Crippen molar-refractivity contribution in [1.29, 1.82) is 0 Å².